The molecule has 0 radical (unpaired) electrons. The molecule has 0 N–H and O–H groups in total. The second kappa shape index (κ2) is 7.48. The molecule has 0 saturated carbocycles. The van der Waals surface area contributed by atoms with Crippen LogP contribution in [0.2, 0.25) is 0 Å². The standard InChI is InChI=1S/C9H16/c1-3-5-7-9-8-6-4-2/h3,8-9H,1,4-7H2,2H3/b9-8+. The van der Waals surface area contributed by atoms with Crippen LogP contribution in [-0.4, -0.2) is 0 Å². The fourth-order valence-corrected chi connectivity index (χ4v) is 0.616. The van der Waals surface area contributed by atoms with Gasteiger partial charge in [0, 0.05) is 0 Å². The Kier molecular flexibility index (Phi) is 7.05. The summed E-state index contributed by atoms with van der Waals surface area (Å²) in [7, 11) is 0. The van der Waals surface area contributed by atoms with Gasteiger partial charge in [-0.05, 0) is 19.3 Å². The molecule has 0 fully saturated rings. The lowest BCUT2D eigenvalue weighted by molar-refractivity contribution is 0.944. The fourth-order valence-electron chi connectivity index (χ4n) is 0.616. The Hall–Kier alpha value is -0.520. The first-order chi connectivity index (χ1) is 4.41. The van der Waals surface area contributed by atoms with Crippen molar-refractivity contribution < 1.29 is 0 Å². The first kappa shape index (κ1) is 8.48. The predicted molar refractivity (Wildman–Crippen MR) is 43.5 cm³/mol. The van der Waals surface area contributed by atoms with E-state index in [-0.39, 0.29) is 0 Å². The average molecular weight is 124 g/mol. The minimum atomic E-state index is 1.11. The third kappa shape index (κ3) is 7.48. The highest BCUT2D eigenvalue weighted by atomic mass is 13.8. The molecular weight excluding hydrogens is 108 g/mol. The van der Waals surface area contributed by atoms with Crippen molar-refractivity contribution in [1.82, 2.24) is 0 Å². The Morgan fingerprint density at radius 2 is 1.78 bits per heavy atom. The minimum absolute atomic E-state index is 1.11. The summed E-state index contributed by atoms with van der Waals surface area (Å²) < 4.78 is 0. The van der Waals surface area contributed by atoms with E-state index in [9.17, 15) is 0 Å². The van der Waals surface area contributed by atoms with Gasteiger partial charge in [-0.3, -0.25) is 0 Å². The van der Waals surface area contributed by atoms with Crippen molar-refractivity contribution >= 4 is 0 Å². The van der Waals surface area contributed by atoms with E-state index in [0.29, 0.717) is 0 Å². The zero-order valence-corrected chi connectivity index (χ0v) is 6.27. The molecule has 0 rings (SSSR count). The SMILES string of the molecule is C=CCC/C=C/CCC. The van der Waals surface area contributed by atoms with Gasteiger partial charge in [0.15, 0.2) is 0 Å². The van der Waals surface area contributed by atoms with Gasteiger partial charge in [-0.2, -0.15) is 0 Å². The van der Waals surface area contributed by atoms with Crippen LogP contribution in [0, 0.1) is 0 Å². The van der Waals surface area contributed by atoms with Gasteiger partial charge < -0.3 is 0 Å². The van der Waals surface area contributed by atoms with E-state index < -0.39 is 0 Å². The van der Waals surface area contributed by atoms with Crippen LogP contribution in [-0.2, 0) is 0 Å². The van der Waals surface area contributed by atoms with Crippen LogP contribution in [0.4, 0.5) is 0 Å². The van der Waals surface area contributed by atoms with Crippen molar-refractivity contribution in [2.75, 3.05) is 0 Å². The molecule has 0 aliphatic heterocycles. The lowest BCUT2D eigenvalue weighted by atomic mass is 10.2. The van der Waals surface area contributed by atoms with Gasteiger partial charge in [0.1, 0.15) is 0 Å². The van der Waals surface area contributed by atoms with Gasteiger partial charge in [-0.1, -0.05) is 31.6 Å². The quantitative estimate of drug-likeness (QED) is 0.389. The highest BCUT2D eigenvalue weighted by Gasteiger charge is 1.73. The molecule has 0 bridgehead atoms. The third-order valence-corrected chi connectivity index (χ3v) is 1.16. The number of allylic oxidation sites excluding steroid dienone is 3. The molecule has 0 saturated heterocycles. The second-order valence-electron chi connectivity index (χ2n) is 2.13. The van der Waals surface area contributed by atoms with E-state index in [2.05, 4.69) is 25.7 Å². The molecule has 0 heterocycles. The normalized spacial score (nSPS) is 10.3. The van der Waals surface area contributed by atoms with Crippen LogP contribution >= 0.6 is 0 Å². The van der Waals surface area contributed by atoms with Crippen molar-refractivity contribution in [1.29, 1.82) is 0 Å². The topological polar surface area (TPSA) is 0 Å². The van der Waals surface area contributed by atoms with Crippen LogP contribution in [0.1, 0.15) is 32.6 Å². The second-order valence-corrected chi connectivity index (χ2v) is 2.13. The van der Waals surface area contributed by atoms with Crippen molar-refractivity contribution in [3.63, 3.8) is 0 Å². The fraction of sp³-hybridized carbons (Fsp3) is 0.556. The summed E-state index contributed by atoms with van der Waals surface area (Å²) in [4.78, 5) is 0. The minimum Gasteiger partial charge on any atom is -0.103 e. The molecule has 0 atom stereocenters. The smallest absolute Gasteiger partial charge is 0.0316 e. The number of rotatable bonds is 5. The van der Waals surface area contributed by atoms with Crippen molar-refractivity contribution in [3.8, 4) is 0 Å². The molecule has 0 aromatic carbocycles. The molecule has 0 nitrogen and oxygen atoms in total. The largest absolute Gasteiger partial charge is 0.103 e. The van der Waals surface area contributed by atoms with E-state index in [1.54, 1.807) is 0 Å². The van der Waals surface area contributed by atoms with E-state index >= 15 is 0 Å². The molecule has 9 heavy (non-hydrogen) atoms. The number of unbranched alkanes of at least 4 members (excludes halogenated alkanes) is 2. The lowest BCUT2D eigenvalue weighted by Crippen LogP contribution is -1.64. The van der Waals surface area contributed by atoms with Gasteiger partial charge in [-0.15, -0.1) is 6.58 Å². The highest BCUT2D eigenvalue weighted by molar-refractivity contribution is 4.83. The van der Waals surface area contributed by atoms with Gasteiger partial charge in [0.05, 0.1) is 0 Å². The summed E-state index contributed by atoms with van der Waals surface area (Å²) in [5, 5.41) is 0. The van der Waals surface area contributed by atoms with Gasteiger partial charge >= 0.3 is 0 Å². The molecule has 0 heteroatoms. The van der Waals surface area contributed by atoms with E-state index in [1.165, 1.54) is 12.8 Å². The maximum absolute atomic E-state index is 3.64. The number of hydrogen-bond acceptors (Lipinski definition) is 0. The average Bonchev–Trinajstić information content (AvgIpc) is 1.89. The van der Waals surface area contributed by atoms with Crippen molar-refractivity contribution in [2.45, 2.75) is 32.6 Å². The third-order valence-electron chi connectivity index (χ3n) is 1.16. The summed E-state index contributed by atoms with van der Waals surface area (Å²) in [6, 6.07) is 0. The molecular formula is C9H16. The maximum Gasteiger partial charge on any atom is -0.0316 e. The van der Waals surface area contributed by atoms with Gasteiger partial charge in [0.2, 0.25) is 0 Å². The molecule has 0 aliphatic rings. The van der Waals surface area contributed by atoms with Gasteiger partial charge in [-0.25, -0.2) is 0 Å². The van der Waals surface area contributed by atoms with Crippen LogP contribution in [0.25, 0.3) is 0 Å². The summed E-state index contributed by atoms with van der Waals surface area (Å²) in [6.45, 7) is 5.84. The van der Waals surface area contributed by atoms with E-state index in [1.807, 2.05) is 6.08 Å². The van der Waals surface area contributed by atoms with E-state index in [0.717, 1.165) is 12.8 Å². The summed E-state index contributed by atoms with van der Waals surface area (Å²) in [5.41, 5.74) is 0. The highest BCUT2D eigenvalue weighted by Crippen LogP contribution is 1.94. The van der Waals surface area contributed by atoms with Crippen LogP contribution in [0.3, 0.4) is 0 Å². The van der Waals surface area contributed by atoms with E-state index in [4.69, 9.17) is 0 Å². The number of hydrogen-bond donors (Lipinski definition) is 0. The zero-order chi connectivity index (χ0) is 6.95. The summed E-state index contributed by atoms with van der Waals surface area (Å²) in [5.74, 6) is 0. The molecule has 52 valence electrons. The van der Waals surface area contributed by atoms with Crippen molar-refractivity contribution in [3.05, 3.63) is 24.8 Å². The Bertz CT molecular complexity index is 80.0. The Balaban J connectivity index is 2.94. The molecule has 0 aromatic rings. The summed E-state index contributed by atoms with van der Waals surface area (Å²) >= 11 is 0. The van der Waals surface area contributed by atoms with Crippen LogP contribution < -0.4 is 0 Å². The van der Waals surface area contributed by atoms with Crippen LogP contribution in [0.15, 0.2) is 24.8 Å². The first-order valence-electron chi connectivity index (χ1n) is 3.67. The first-order valence-corrected chi connectivity index (χ1v) is 3.67. The molecule has 0 unspecified atom stereocenters. The Morgan fingerprint density at radius 3 is 2.33 bits per heavy atom. The molecule has 0 spiro atoms. The zero-order valence-electron chi connectivity index (χ0n) is 6.27. The monoisotopic (exact) mass is 124 g/mol. The molecule has 0 aliphatic carbocycles. The van der Waals surface area contributed by atoms with Crippen molar-refractivity contribution in [2.24, 2.45) is 0 Å². The maximum atomic E-state index is 3.64. The summed E-state index contributed by atoms with van der Waals surface area (Å²) in [6.07, 6.45) is 11.2. The molecule has 0 aromatic heterocycles. The molecule has 0 amide bonds. The lowest BCUT2D eigenvalue weighted by Gasteiger charge is -1.84. The Labute approximate surface area is 58.3 Å². The Morgan fingerprint density at radius 1 is 1.11 bits per heavy atom. The predicted octanol–water partition coefficient (Wildman–Crippen LogP) is 3.31. The van der Waals surface area contributed by atoms with Crippen LogP contribution in [0.5, 0.6) is 0 Å². The van der Waals surface area contributed by atoms with Gasteiger partial charge in [0.25, 0.3) is 0 Å².